The lowest BCUT2D eigenvalue weighted by Gasteiger charge is -2.24. The number of hydrogen-bond acceptors (Lipinski definition) is 4. The summed E-state index contributed by atoms with van der Waals surface area (Å²) < 4.78 is 5.95. The van der Waals surface area contributed by atoms with Gasteiger partial charge in [-0.1, -0.05) is 51.1 Å². The number of carbonyl (C=O) groups is 1. The fourth-order valence-electron chi connectivity index (χ4n) is 3.91. The van der Waals surface area contributed by atoms with E-state index in [9.17, 15) is 4.79 Å². The summed E-state index contributed by atoms with van der Waals surface area (Å²) in [6.45, 7) is 9.55. The molecule has 1 N–H and O–H groups in total. The summed E-state index contributed by atoms with van der Waals surface area (Å²) in [5.41, 5.74) is 3.09. The molecule has 0 aliphatic carbocycles. The Hall–Kier alpha value is -3.02. The fraction of sp³-hybridized carbons (Fsp3) is 0.417. The van der Waals surface area contributed by atoms with Crippen LogP contribution in [-0.4, -0.2) is 53.6 Å². The van der Waals surface area contributed by atoms with Gasteiger partial charge in [0.1, 0.15) is 5.75 Å². The van der Waals surface area contributed by atoms with Crippen molar-refractivity contribution in [2.24, 2.45) is 0 Å². The molecule has 1 amide bonds. The van der Waals surface area contributed by atoms with Gasteiger partial charge in [0.15, 0.2) is 6.61 Å². The van der Waals surface area contributed by atoms with Crippen molar-refractivity contribution < 1.29 is 9.53 Å². The number of fused-ring (bicyclic) bond motifs is 1. The van der Waals surface area contributed by atoms with Crippen molar-refractivity contribution in [1.82, 2.24) is 14.9 Å². The summed E-state index contributed by atoms with van der Waals surface area (Å²) in [6, 6.07) is 16.0. The minimum absolute atomic E-state index is 0.0324. The van der Waals surface area contributed by atoms with E-state index in [1.807, 2.05) is 47.4 Å². The number of aromatic amines is 1. The molecule has 0 atom stereocenters. The van der Waals surface area contributed by atoms with Crippen molar-refractivity contribution in [2.75, 3.05) is 37.7 Å². The maximum absolute atomic E-state index is 12.8. The average molecular weight is 407 g/mol. The molecule has 158 valence electrons. The summed E-state index contributed by atoms with van der Waals surface area (Å²) >= 11 is 0. The zero-order valence-corrected chi connectivity index (χ0v) is 18.0. The number of aromatic nitrogens is 2. The molecule has 0 radical (unpaired) electrons. The van der Waals surface area contributed by atoms with Gasteiger partial charge in [0.25, 0.3) is 5.91 Å². The SMILES string of the molecule is CC(C)(C)c1ccccc1OCC(=O)N1CCCN(c2nc3ccccc3[nH]2)CC1. The molecule has 2 heterocycles. The highest BCUT2D eigenvalue weighted by molar-refractivity contribution is 5.78. The highest BCUT2D eigenvalue weighted by Crippen LogP contribution is 2.31. The van der Waals surface area contributed by atoms with Crippen LogP contribution in [0.3, 0.4) is 0 Å². The molecule has 4 rings (SSSR count). The monoisotopic (exact) mass is 406 g/mol. The third-order valence-corrected chi connectivity index (χ3v) is 5.57. The minimum atomic E-state index is -0.0324. The molecule has 0 saturated carbocycles. The zero-order valence-electron chi connectivity index (χ0n) is 18.0. The van der Waals surface area contributed by atoms with Crippen LogP contribution < -0.4 is 9.64 Å². The molecule has 6 nitrogen and oxygen atoms in total. The van der Waals surface area contributed by atoms with Crippen LogP contribution >= 0.6 is 0 Å². The first-order valence-electron chi connectivity index (χ1n) is 10.6. The van der Waals surface area contributed by atoms with Gasteiger partial charge in [-0.3, -0.25) is 4.79 Å². The largest absolute Gasteiger partial charge is 0.483 e. The molecule has 1 aliphatic rings. The molecule has 1 aromatic heterocycles. The second-order valence-corrected chi connectivity index (χ2v) is 8.83. The van der Waals surface area contributed by atoms with Crippen LogP contribution in [-0.2, 0) is 10.2 Å². The van der Waals surface area contributed by atoms with Gasteiger partial charge in [-0.15, -0.1) is 0 Å². The van der Waals surface area contributed by atoms with Crippen molar-refractivity contribution in [3.63, 3.8) is 0 Å². The van der Waals surface area contributed by atoms with Crippen LogP contribution in [0, 0.1) is 0 Å². The molecule has 3 aromatic rings. The van der Waals surface area contributed by atoms with E-state index in [-0.39, 0.29) is 17.9 Å². The van der Waals surface area contributed by atoms with Crippen LogP contribution in [0.15, 0.2) is 48.5 Å². The number of amides is 1. The number of para-hydroxylation sites is 3. The van der Waals surface area contributed by atoms with Gasteiger partial charge in [0.05, 0.1) is 11.0 Å². The number of carbonyl (C=O) groups excluding carboxylic acids is 1. The number of hydrogen-bond donors (Lipinski definition) is 1. The number of rotatable bonds is 4. The molecular weight excluding hydrogens is 376 g/mol. The average Bonchev–Trinajstić information content (AvgIpc) is 3.00. The van der Waals surface area contributed by atoms with Gasteiger partial charge >= 0.3 is 0 Å². The Morgan fingerprint density at radius 1 is 1.03 bits per heavy atom. The highest BCUT2D eigenvalue weighted by atomic mass is 16.5. The molecule has 0 spiro atoms. The first-order valence-corrected chi connectivity index (χ1v) is 10.6. The number of ether oxygens (including phenoxy) is 1. The first kappa shape index (κ1) is 20.3. The Labute approximate surface area is 177 Å². The first-order chi connectivity index (χ1) is 14.4. The molecule has 0 unspecified atom stereocenters. The van der Waals surface area contributed by atoms with Gasteiger partial charge in [-0.05, 0) is 35.6 Å². The normalized spacial score (nSPS) is 15.3. The van der Waals surface area contributed by atoms with Crippen molar-refractivity contribution in [1.29, 1.82) is 0 Å². The maximum Gasteiger partial charge on any atom is 0.260 e. The van der Waals surface area contributed by atoms with E-state index in [0.29, 0.717) is 6.54 Å². The zero-order chi connectivity index (χ0) is 21.1. The summed E-state index contributed by atoms with van der Waals surface area (Å²) in [7, 11) is 0. The molecule has 1 aliphatic heterocycles. The Morgan fingerprint density at radius 3 is 2.60 bits per heavy atom. The lowest BCUT2D eigenvalue weighted by Crippen LogP contribution is -2.38. The predicted molar refractivity (Wildman–Crippen MR) is 120 cm³/mol. The van der Waals surface area contributed by atoms with Crippen molar-refractivity contribution in [3.05, 3.63) is 54.1 Å². The Morgan fingerprint density at radius 2 is 1.80 bits per heavy atom. The van der Waals surface area contributed by atoms with Gasteiger partial charge in [-0.25, -0.2) is 4.98 Å². The van der Waals surface area contributed by atoms with Crippen molar-refractivity contribution >= 4 is 22.9 Å². The number of nitrogens with zero attached hydrogens (tertiary/aromatic N) is 3. The third-order valence-electron chi connectivity index (χ3n) is 5.57. The molecule has 30 heavy (non-hydrogen) atoms. The van der Waals surface area contributed by atoms with Crippen LogP contribution in [0.1, 0.15) is 32.8 Å². The van der Waals surface area contributed by atoms with Crippen molar-refractivity contribution in [3.8, 4) is 5.75 Å². The van der Waals surface area contributed by atoms with E-state index in [4.69, 9.17) is 9.72 Å². The van der Waals surface area contributed by atoms with E-state index in [1.54, 1.807) is 0 Å². The number of H-pyrrole nitrogens is 1. The number of nitrogens with one attached hydrogen (secondary N) is 1. The predicted octanol–water partition coefficient (Wildman–Crippen LogP) is 3.98. The van der Waals surface area contributed by atoms with Gasteiger partial charge in [0.2, 0.25) is 5.95 Å². The molecule has 2 aromatic carbocycles. The Bertz CT molecular complexity index is 988. The standard InChI is InChI=1S/C24H30N4O2/c1-24(2,3)18-9-4-7-12-21(18)30-17-22(29)27-13-8-14-28(16-15-27)23-25-19-10-5-6-11-20(19)26-23/h4-7,9-12H,8,13-17H2,1-3H3,(H,25,26). The quantitative estimate of drug-likeness (QED) is 0.712. The summed E-state index contributed by atoms with van der Waals surface area (Å²) in [5, 5.41) is 0. The summed E-state index contributed by atoms with van der Waals surface area (Å²) in [5.74, 6) is 1.70. The van der Waals surface area contributed by atoms with Crippen LogP contribution in [0.5, 0.6) is 5.75 Å². The van der Waals surface area contributed by atoms with E-state index in [1.165, 1.54) is 0 Å². The number of benzene rings is 2. The van der Waals surface area contributed by atoms with Gasteiger partial charge in [0, 0.05) is 26.2 Å². The van der Waals surface area contributed by atoms with Crippen LogP contribution in [0.4, 0.5) is 5.95 Å². The Balaban J connectivity index is 1.37. The second kappa shape index (κ2) is 8.38. The number of anilines is 1. The molecule has 0 bridgehead atoms. The second-order valence-electron chi connectivity index (χ2n) is 8.83. The Kier molecular flexibility index (Phi) is 5.66. The fourth-order valence-corrected chi connectivity index (χ4v) is 3.91. The summed E-state index contributed by atoms with van der Waals surface area (Å²) in [4.78, 5) is 25.0. The topological polar surface area (TPSA) is 61.5 Å². The van der Waals surface area contributed by atoms with Gasteiger partial charge in [-0.2, -0.15) is 0 Å². The number of imidazole rings is 1. The van der Waals surface area contributed by atoms with E-state index in [0.717, 1.165) is 54.3 Å². The van der Waals surface area contributed by atoms with E-state index in [2.05, 4.69) is 36.7 Å². The lowest BCUT2D eigenvalue weighted by molar-refractivity contribution is -0.133. The van der Waals surface area contributed by atoms with E-state index < -0.39 is 0 Å². The lowest BCUT2D eigenvalue weighted by atomic mass is 9.86. The molecule has 1 saturated heterocycles. The van der Waals surface area contributed by atoms with Crippen molar-refractivity contribution in [2.45, 2.75) is 32.6 Å². The molecule has 6 heteroatoms. The molecule has 1 fully saturated rings. The smallest absolute Gasteiger partial charge is 0.260 e. The summed E-state index contributed by atoms with van der Waals surface area (Å²) in [6.07, 6.45) is 0.904. The third kappa shape index (κ3) is 4.42. The molecular formula is C24H30N4O2. The van der Waals surface area contributed by atoms with E-state index >= 15 is 0 Å². The van der Waals surface area contributed by atoms with Gasteiger partial charge < -0.3 is 19.5 Å². The maximum atomic E-state index is 12.8. The van der Waals surface area contributed by atoms with Crippen LogP contribution in [0.25, 0.3) is 11.0 Å². The highest BCUT2D eigenvalue weighted by Gasteiger charge is 2.23. The van der Waals surface area contributed by atoms with Crippen LogP contribution in [0.2, 0.25) is 0 Å². The minimum Gasteiger partial charge on any atom is -0.483 e.